The molecule has 1 fully saturated rings. The standard InChI is InChI=1S/C15H27N3OS/c1-4-16-9-15(6-5-7-19-11-15)10-18(3)8-14-13(2)17-12-20-14/h12,16H,4-11H2,1-3H3. The molecule has 4 nitrogen and oxygen atoms in total. The minimum atomic E-state index is 0.265. The van der Waals surface area contributed by atoms with Gasteiger partial charge in [-0.3, -0.25) is 0 Å². The second kappa shape index (κ2) is 7.50. The Kier molecular flexibility index (Phi) is 5.96. The fourth-order valence-electron chi connectivity index (χ4n) is 2.97. The second-order valence-electron chi connectivity index (χ2n) is 5.97. The molecule has 0 spiro atoms. The fraction of sp³-hybridized carbons (Fsp3) is 0.800. The van der Waals surface area contributed by atoms with Crippen molar-refractivity contribution >= 4 is 11.3 Å². The number of nitrogens with zero attached hydrogens (tertiary/aromatic N) is 2. The monoisotopic (exact) mass is 297 g/mol. The molecule has 0 saturated carbocycles. The van der Waals surface area contributed by atoms with Gasteiger partial charge in [0.05, 0.1) is 17.8 Å². The Morgan fingerprint density at radius 3 is 3.00 bits per heavy atom. The first kappa shape index (κ1) is 15.9. The highest BCUT2D eigenvalue weighted by molar-refractivity contribution is 7.09. The third-order valence-electron chi connectivity index (χ3n) is 4.02. The van der Waals surface area contributed by atoms with E-state index >= 15 is 0 Å². The summed E-state index contributed by atoms with van der Waals surface area (Å²) in [5, 5.41) is 3.52. The van der Waals surface area contributed by atoms with Gasteiger partial charge in [-0.05, 0) is 33.4 Å². The molecule has 1 aromatic rings. The number of hydrogen-bond donors (Lipinski definition) is 1. The third-order valence-corrected chi connectivity index (χ3v) is 4.94. The van der Waals surface area contributed by atoms with Crippen molar-refractivity contribution in [1.29, 1.82) is 0 Å². The maximum Gasteiger partial charge on any atom is 0.0798 e. The predicted molar refractivity (Wildman–Crippen MR) is 84.2 cm³/mol. The lowest BCUT2D eigenvalue weighted by Gasteiger charge is -2.40. The van der Waals surface area contributed by atoms with Gasteiger partial charge in [0.1, 0.15) is 0 Å². The summed E-state index contributed by atoms with van der Waals surface area (Å²) in [6.07, 6.45) is 2.44. The van der Waals surface area contributed by atoms with Gasteiger partial charge in [-0.25, -0.2) is 4.98 Å². The molecule has 0 aliphatic carbocycles. The first-order valence-electron chi connectivity index (χ1n) is 7.51. The van der Waals surface area contributed by atoms with Crippen LogP contribution in [0.25, 0.3) is 0 Å². The van der Waals surface area contributed by atoms with Crippen molar-refractivity contribution in [2.24, 2.45) is 5.41 Å². The average Bonchev–Trinajstić information content (AvgIpc) is 2.83. The molecule has 2 rings (SSSR count). The SMILES string of the molecule is CCNCC1(CN(C)Cc2scnc2C)CCCOC1. The van der Waals surface area contributed by atoms with Crippen molar-refractivity contribution < 1.29 is 4.74 Å². The smallest absolute Gasteiger partial charge is 0.0798 e. The summed E-state index contributed by atoms with van der Waals surface area (Å²) in [5.41, 5.74) is 3.38. The molecule has 114 valence electrons. The van der Waals surface area contributed by atoms with E-state index in [0.717, 1.165) is 39.4 Å². The molecular formula is C15H27N3OS. The van der Waals surface area contributed by atoms with E-state index in [-0.39, 0.29) is 5.41 Å². The van der Waals surface area contributed by atoms with Gasteiger partial charge in [0.15, 0.2) is 0 Å². The van der Waals surface area contributed by atoms with Crippen molar-refractivity contribution in [1.82, 2.24) is 15.2 Å². The summed E-state index contributed by atoms with van der Waals surface area (Å²) in [6.45, 7) is 10.2. The number of nitrogens with one attached hydrogen (secondary N) is 1. The number of thiazole rings is 1. The Labute approximate surface area is 126 Å². The Morgan fingerprint density at radius 2 is 2.40 bits per heavy atom. The van der Waals surface area contributed by atoms with E-state index in [9.17, 15) is 0 Å². The topological polar surface area (TPSA) is 37.4 Å². The van der Waals surface area contributed by atoms with Crippen molar-refractivity contribution in [3.8, 4) is 0 Å². The second-order valence-corrected chi connectivity index (χ2v) is 6.91. The predicted octanol–water partition coefficient (Wildman–Crippen LogP) is 2.29. The van der Waals surface area contributed by atoms with Gasteiger partial charge in [0.25, 0.3) is 0 Å². The van der Waals surface area contributed by atoms with Crippen LogP contribution in [0.15, 0.2) is 5.51 Å². The van der Waals surface area contributed by atoms with Crippen LogP contribution in [0, 0.1) is 12.3 Å². The Hall–Kier alpha value is -0.490. The molecule has 0 bridgehead atoms. The fourth-order valence-corrected chi connectivity index (χ4v) is 3.83. The van der Waals surface area contributed by atoms with Gasteiger partial charge < -0.3 is 15.0 Å². The maximum absolute atomic E-state index is 5.77. The molecule has 20 heavy (non-hydrogen) atoms. The molecular weight excluding hydrogens is 270 g/mol. The average molecular weight is 297 g/mol. The Bertz CT molecular complexity index is 402. The van der Waals surface area contributed by atoms with Crippen molar-refractivity contribution in [2.45, 2.75) is 33.2 Å². The van der Waals surface area contributed by atoms with Crippen LogP contribution in [-0.2, 0) is 11.3 Å². The summed E-state index contributed by atoms with van der Waals surface area (Å²) in [6, 6.07) is 0. The lowest BCUT2D eigenvalue weighted by atomic mass is 9.81. The quantitative estimate of drug-likeness (QED) is 0.838. The molecule has 1 saturated heterocycles. The van der Waals surface area contributed by atoms with E-state index in [0.29, 0.717) is 0 Å². The molecule has 1 aliphatic rings. The molecule has 1 atom stereocenters. The summed E-state index contributed by atoms with van der Waals surface area (Å²) < 4.78 is 5.77. The number of aryl methyl sites for hydroxylation is 1. The highest BCUT2D eigenvalue weighted by Crippen LogP contribution is 2.29. The molecule has 2 heterocycles. The highest BCUT2D eigenvalue weighted by Gasteiger charge is 2.33. The zero-order valence-corrected chi connectivity index (χ0v) is 13.8. The molecule has 1 aliphatic heterocycles. The largest absolute Gasteiger partial charge is 0.381 e. The summed E-state index contributed by atoms with van der Waals surface area (Å²) in [4.78, 5) is 8.14. The van der Waals surface area contributed by atoms with Crippen LogP contribution < -0.4 is 5.32 Å². The molecule has 5 heteroatoms. The van der Waals surface area contributed by atoms with Crippen LogP contribution in [0.1, 0.15) is 30.3 Å². The van der Waals surface area contributed by atoms with Gasteiger partial charge in [-0.1, -0.05) is 6.92 Å². The zero-order valence-electron chi connectivity index (χ0n) is 12.9. The van der Waals surface area contributed by atoms with Crippen molar-refractivity contribution in [2.75, 3.05) is 39.9 Å². The molecule has 1 unspecified atom stereocenters. The van der Waals surface area contributed by atoms with Crippen LogP contribution in [0.2, 0.25) is 0 Å². The third kappa shape index (κ3) is 4.25. The van der Waals surface area contributed by atoms with Gasteiger partial charge in [-0.15, -0.1) is 11.3 Å². The van der Waals surface area contributed by atoms with E-state index in [4.69, 9.17) is 4.74 Å². The molecule has 0 radical (unpaired) electrons. The van der Waals surface area contributed by atoms with Gasteiger partial charge in [-0.2, -0.15) is 0 Å². The van der Waals surface area contributed by atoms with Crippen LogP contribution in [-0.4, -0.2) is 49.8 Å². The molecule has 0 aromatic carbocycles. The Morgan fingerprint density at radius 1 is 1.55 bits per heavy atom. The van der Waals surface area contributed by atoms with Crippen molar-refractivity contribution in [3.05, 3.63) is 16.1 Å². The lowest BCUT2D eigenvalue weighted by molar-refractivity contribution is -0.0233. The Balaban J connectivity index is 1.94. The minimum absolute atomic E-state index is 0.265. The molecule has 0 amide bonds. The number of ether oxygens (including phenoxy) is 1. The molecule has 1 aromatic heterocycles. The number of rotatable bonds is 7. The van der Waals surface area contributed by atoms with E-state index in [1.807, 2.05) is 5.51 Å². The minimum Gasteiger partial charge on any atom is -0.381 e. The van der Waals surface area contributed by atoms with Crippen LogP contribution in [0.4, 0.5) is 0 Å². The van der Waals surface area contributed by atoms with E-state index in [2.05, 4.69) is 36.1 Å². The first-order chi connectivity index (χ1) is 9.65. The van der Waals surface area contributed by atoms with Crippen LogP contribution >= 0.6 is 11.3 Å². The molecule has 1 N–H and O–H groups in total. The normalized spacial score (nSPS) is 23.4. The van der Waals surface area contributed by atoms with Gasteiger partial charge >= 0.3 is 0 Å². The van der Waals surface area contributed by atoms with E-state index in [1.54, 1.807) is 11.3 Å². The summed E-state index contributed by atoms with van der Waals surface area (Å²) in [5.74, 6) is 0. The highest BCUT2D eigenvalue weighted by atomic mass is 32.1. The van der Waals surface area contributed by atoms with Crippen molar-refractivity contribution in [3.63, 3.8) is 0 Å². The van der Waals surface area contributed by atoms with E-state index in [1.165, 1.54) is 23.4 Å². The van der Waals surface area contributed by atoms with E-state index < -0.39 is 0 Å². The van der Waals surface area contributed by atoms with Gasteiger partial charge in [0, 0.05) is 36.5 Å². The first-order valence-corrected chi connectivity index (χ1v) is 8.39. The number of aromatic nitrogens is 1. The lowest BCUT2D eigenvalue weighted by Crippen LogP contribution is -2.48. The number of hydrogen-bond acceptors (Lipinski definition) is 5. The van der Waals surface area contributed by atoms with Crippen LogP contribution in [0.3, 0.4) is 0 Å². The zero-order chi connectivity index (χ0) is 14.4. The van der Waals surface area contributed by atoms with Crippen LogP contribution in [0.5, 0.6) is 0 Å². The summed E-state index contributed by atoms with van der Waals surface area (Å²) >= 11 is 1.76. The maximum atomic E-state index is 5.77. The summed E-state index contributed by atoms with van der Waals surface area (Å²) in [7, 11) is 2.21. The van der Waals surface area contributed by atoms with Gasteiger partial charge in [0.2, 0.25) is 0 Å².